The maximum absolute atomic E-state index is 11.4. The van der Waals surface area contributed by atoms with Crippen molar-refractivity contribution in [1.82, 2.24) is 4.98 Å². The number of aromatic nitrogens is 1. The standard InChI is InChI=1S/C12H13ClN4OS/c1-6(9-2-3-10(13)19-9)17-12-8(11(15)18)4-7(14)5-16-12/h2-6H,14H2,1H3,(H2,15,18)(H,16,17). The SMILES string of the molecule is CC(Nc1ncc(N)cc1C(N)=O)c1ccc(Cl)s1. The van der Waals surface area contributed by atoms with Crippen LogP contribution in [0.1, 0.15) is 28.2 Å². The number of pyridine rings is 1. The Labute approximate surface area is 119 Å². The first kappa shape index (κ1) is 13.6. The zero-order valence-electron chi connectivity index (χ0n) is 10.2. The van der Waals surface area contributed by atoms with Gasteiger partial charge in [0.2, 0.25) is 0 Å². The molecule has 0 bridgehead atoms. The lowest BCUT2D eigenvalue weighted by molar-refractivity contribution is 0.100. The van der Waals surface area contributed by atoms with Gasteiger partial charge in [-0.15, -0.1) is 11.3 Å². The Morgan fingerprint density at radius 3 is 2.84 bits per heavy atom. The van der Waals surface area contributed by atoms with Gasteiger partial charge in [-0.2, -0.15) is 0 Å². The van der Waals surface area contributed by atoms with Crippen molar-refractivity contribution in [3.63, 3.8) is 0 Å². The maximum atomic E-state index is 11.4. The Kier molecular flexibility index (Phi) is 3.92. The van der Waals surface area contributed by atoms with Crippen LogP contribution in [0.3, 0.4) is 0 Å². The molecule has 1 atom stereocenters. The van der Waals surface area contributed by atoms with E-state index in [2.05, 4.69) is 10.3 Å². The minimum atomic E-state index is -0.571. The molecule has 19 heavy (non-hydrogen) atoms. The van der Waals surface area contributed by atoms with Crippen LogP contribution in [0, 0.1) is 0 Å². The second-order valence-electron chi connectivity index (χ2n) is 4.04. The van der Waals surface area contributed by atoms with Gasteiger partial charge >= 0.3 is 0 Å². The number of halogens is 1. The fourth-order valence-corrected chi connectivity index (χ4v) is 2.68. The molecule has 1 amide bonds. The van der Waals surface area contributed by atoms with E-state index in [4.69, 9.17) is 23.1 Å². The lowest BCUT2D eigenvalue weighted by atomic mass is 10.2. The summed E-state index contributed by atoms with van der Waals surface area (Å²) in [7, 11) is 0. The minimum Gasteiger partial charge on any atom is -0.397 e. The van der Waals surface area contributed by atoms with Crippen LogP contribution < -0.4 is 16.8 Å². The van der Waals surface area contributed by atoms with Crippen molar-refractivity contribution in [2.24, 2.45) is 5.73 Å². The van der Waals surface area contributed by atoms with Crippen LogP contribution in [0.4, 0.5) is 11.5 Å². The molecule has 0 aromatic carbocycles. The molecule has 2 aromatic heterocycles. The Morgan fingerprint density at radius 2 is 2.26 bits per heavy atom. The van der Waals surface area contributed by atoms with Crippen molar-refractivity contribution < 1.29 is 4.79 Å². The van der Waals surface area contributed by atoms with Gasteiger partial charge in [0.15, 0.2) is 0 Å². The number of carbonyl (C=O) groups excluding carboxylic acids is 1. The molecule has 0 saturated heterocycles. The highest BCUT2D eigenvalue weighted by atomic mass is 35.5. The second kappa shape index (κ2) is 5.46. The highest BCUT2D eigenvalue weighted by molar-refractivity contribution is 7.16. The van der Waals surface area contributed by atoms with Crippen LogP contribution in [0.2, 0.25) is 4.34 Å². The van der Waals surface area contributed by atoms with Gasteiger partial charge in [0.1, 0.15) is 5.82 Å². The quantitative estimate of drug-likeness (QED) is 0.808. The van der Waals surface area contributed by atoms with E-state index in [0.717, 1.165) is 4.88 Å². The summed E-state index contributed by atoms with van der Waals surface area (Å²) in [6.45, 7) is 1.95. The Hall–Kier alpha value is -1.79. The molecule has 0 aliphatic carbocycles. The summed E-state index contributed by atoms with van der Waals surface area (Å²) in [5.74, 6) is -0.155. The third-order valence-electron chi connectivity index (χ3n) is 2.55. The molecular formula is C12H13ClN4OS. The number of thiophene rings is 1. The third-order valence-corrected chi connectivity index (χ3v) is 3.96. The zero-order chi connectivity index (χ0) is 14.0. The topological polar surface area (TPSA) is 94.0 Å². The van der Waals surface area contributed by atoms with Crippen LogP contribution in [-0.2, 0) is 0 Å². The van der Waals surface area contributed by atoms with E-state index in [0.29, 0.717) is 15.8 Å². The average molecular weight is 297 g/mol. The number of nitrogens with one attached hydrogen (secondary N) is 1. The number of amides is 1. The summed E-state index contributed by atoms with van der Waals surface area (Å²) in [6.07, 6.45) is 1.48. The summed E-state index contributed by atoms with van der Waals surface area (Å²) in [5.41, 5.74) is 11.6. The van der Waals surface area contributed by atoms with E-state index in [1.54, 1.807) is 0 Å². The number of nitrogen functional groups attached to an aromatic ring is 1. The first-order valence-corrected chi connectivity index (χ1v) is 6.74. The highest BCUT2D eigenvalue weighted by Crippen LogP contribution is 2.29. The number of anilines is 2. The number of hydrogen-bond acceptors (Lipinski definition) is 5. The summed E-state index contributed by atoms with van der Waals surface area (Å²) in [4.78, 5) is 16.5. The Bertz CT molecular complexity index is 614. The minimum absolute atomic E-state index is 0.0354. The maximum Gasteiger partial charge on any atom is 0.252 e. The summed E-state index contributed by atoms with van der Waals surface area (Å²) in [5, 5.41) is 3.13. The fraction of sp³-hybridized carbons (Fsp3) is 0.167. The number of nitrogens with two attached hydrogens (primary N) is 2. The van der Waals surface area contributed by atoms with Crippen molar-refractivity contribution in [2.75, 3.05) is 11.1 Å². The molecule has 0 radical (unpaired) electrons. The molecule has 0 saturated carbocycles. The van der Waals surface area contributed by atoms with Gasteiger partial charge in [-0.1, -0.05) is 11.6 Å². The fourth-order valence-electron chi connectivity index (χ4n) is 1.62. The molecular weight excluding hydrogens is 284 g/mol. The monoisotopic (exact) mass is 296 g/mol. The van der Waals surface area contributed by atoms with E-state index in [-0.39, 0.29) is 11.6 Å². The second-order valence-corrected chi connectivity index (χ2v) is 5.78. The smallest absolute Gasteiger partial charge is 0.252 e. The van der Waals surface area contributed by atoms with Crippen LogP contribution in [0.5, 0.6) is 0 Å². The van der Waals surface area contributed by atoms with Gasteiger partial charge in [0, 0.05) is 4.88 Å². The summed E-state index contributed by atoms with van der Waals surface area (Å²) < 4.78 is 0.712. The number of primary amides is 1. The molecule has 5 nitrogen and oxygen atoms in total. The molecule has 2 aromatic rings. The predicted molar refractivity (Wildman–Crippen MR) is 78.5 cm³/mol. The molecule has 0 aliphatic rings. The van der Waals surface area contributed by atoms with Crippen LogP contribution >= 0.6 is 22.9 Å². The molecule has 0 aliphatic heterocycles. The largest absolute Gasteiger partial charge is 0.397 e. The van der Waals surface area contributed by atoms with E-state index >= 15 is 0 Å². The normalized spacial score (nSPS) is 12.1. The summed E-state index contributed by atoms with van der Waals surface area (Å²) in [6, 6.07) is 5.22. The number of nitrogens with zero attached hydrogens (tertiary/aromatic N) is 1. The number of carbonyl (C=O) groups is 1. The van der Waals surface area contributed by atoms with Crippen molar-refractivity contribution in [1.29, 1.82) is 0 Å². The van der Waals surface area contributed by atoms with E-state index in [9.17, 15) is 4.79 Å². The van der Waals surface area contributed by atoms with Gasteiger partial charge in [0.25, 0.3) is 5.91 Å². The van der Waals surface area contributed by atoms with E-state index < -0.39 is 5.91 Å². The van der Waals surface area contributed by atoms with Crippen LogP contribution in [-0.4, -0.2) is 10.9 Å². The van der Waals surface area contributed by atoms with Gasteiger partial charge in [-0.3, -0.25) is 4.79 Å². The summed E-state index contributed by atoms with van der Waals surface area (Å²) >= 11 is 7.36. The van der Waals surface area contributed by atoms with Crippen molar-refractivity contribution in [3.8, 4) is 0 Å². The molecule has 2 rings (SSSR count). The number of hydrogen-bond donors (Lipinski definition) is 3. The molecule has 0 spiro atoms. The van der Waals surface area contributed by atoms with Crippen molar-refractivity contribution in [2.45, 2.75) is 13.0 Å². The number of rotatable bonds is 4. The molecule has 7 heteroatoms. The lowest BCUT2D eigenvalue weighted by Gasteiger charge is -2.15. The zero-order valence-corrected chi connectivity index (χ0v) is 11.8. The van der Waals surface area contributed by atoms with E-state index in [1.807, 2.05) is 19.1 Å². The molecule has 1 unspecified atom stereocenters. The Balaban J connectivity index is 2.26. The van der Waals surface area contributed by atoms with Gasteiger partial charge in [-0.05, 0) is 25.1 Å². The van der Waals surface area contributed by atoms with Gasteiger partial charge in [-0.25, -0.2) is 4.98 Å². The molecule has 5 N–H and O–H groups in total. The lowest BCUT2D eigenvalue weighted by Crippen LogP contribution is -2.17. The first-order valence-electron chi connectivity index (χ1n) is 5.54. The van der Waals surface area contributed by atoms with Crippen LogP contribution in [0.25, 0.3) is 0 Å². The third kappa shape index (κ3) is 3.15. The first-order chi connectivity index (χ1) is 8.97. The van der Waals surface area contributed by atoms with Crippen molar-refractivity contribution in [3.05, 3.63) is 39.2 Å². The van der Waals surface area contributed by atoms with Crippen LogP contribution in [0.15, 0.2) is 24.4 Å². The molecule has 2 heterocycles. The highest BCUT2D eigenvalue weighted by Gasteiger charge is 2.14. The van der Waals surface area contributed by atoms with Gasteiger partial charge < -0.3 is 16.8 Å². The van der Waals surface area contributed by atoms with E-state index in [1.165, 1.54) is 23.6 Å². The molecule has 0 fully saturated rings. The Morgan fingerprint density at radius 1 is 1.53 bits per heavy atom. The average Bonchev–Trinajstić information content (AvgIpc) is 2.78. The van der Waals surface area contributed by atoms with Gasteiger partial charge in [0.05, 0.1) is 27.8 Å². The van der Waals surface area contributed by atoms with Crippen molar-refractivity contribution >= 4 is 40.4 Å². The molecule has 100 valence electrons. The predicted octanol–water partition coefficient (Wildman–Crippen LogP) is 2.65.